The highest BCUT2D eigenvalue weighted by Crippen LogP contribution is 2.36. The molecule has 1 aliphatic carbocycles. The fourth-order valence-corrected chi connectivity index (χ4v) is 2.26. The molecule has 0 fully saturated rings. The zero-order valence-electron chi connectivity index (χ0n) is 7.59. The van der Waals surface area contributed by atoms with Gasteiger partial charge in [0.2, 0.25) is 0 Å². The van der Waals surface area contributed by atoms with Gasteiger partial charge >= 0.3 is 0 Å². The number of hydrogen-bond donors (Lipinski definition) is 0. The van der Waals surface area contributed by atoms with Crippen molar-refractivity contribution in [2.45, 2.75) is 32.6 Å². The highest BCUT2D eigenvalue weighted by molar-refractivity contribution is 6.99. The molecule has 0 bridgehead atoms. The first kappa shape index (κ1) is 7.92. The monoisotopic (exact) mass is 180 g/mol. The Hall–Kier alpha value is -0.700. The molecule has 0 aliphatic heterocycles. The maximum atomic E-state index is 4.35. The third-order valence-corrected chi connectivity index (χ3v) is 2.95. The first-order chi connectivity index (χ1) is 5.61. The lowest BCUT2D eigenvalue weighted by Crippen LogP contribution is -2.21. The first-order valence-corrected chi connectivity index (χ1v) is 4.84. The standard InChI is InChI=1S/C9H12N2S/c1-6-4-5-9(2,3)8-7(6)10-12-11-8/h4H,5H2,1-3H3. The molecule has 12 heavy (non-hydrogen) atoms. The SMILES string of the molecule is CC1=CCC(C)(C)c2nsnc21. The predicted octanol–water partition coefficient (Wildman–Crippen LogP) is 2.62. The van der Waals surface area contributed by atoms with Crippen molar-refractivity contribution in [2.75, 3.05) is 0 Å². The summed E-state index contributed by atoms with van der Waals surface area (Å²) in [6.07, 6.45) is 3.33. The van der Waals surface area contributed by atoms with E-state index in [0.29, 0.717) is 0 Å². The molecule has 0 saturated heterocycles. The summed E-state index contributed by atoms with van der Waals surface area (Å²) in [5.41, 5.74) is 3.74. The van der Waals surface area contributed by atoms with E-state index in [0.717, 1.165) is 12.1 Å². The fraction of sp³-hybridized carbons (Fsp3) is 0.556. The molecule has 0 N–H and O–H groups in total. The van der Waals surface area contributed by atoms with Crippen LogP contribution in [-0.2, 0) is 5.41 Å². The van der Waals surface area contributed by atoms with E-state index >= 15 is 0 Å². The van der Waals surface area contributed by atoms with Crippen LogP contribution in [0.3, 0.4) is 0 Å². The maximum Gasteiger partial charge on any atom is 0.103 e. The zero-order chi connectivity index (χ0) is 8.77. The quantitative estimate of drug-likeness (QED) is 0.613. The Bertz CT molecular complexity index is 336. The van der Waals surface area contributed by atoms with E-state index in [-0.39, 0.29) is 5.41 Å². The van der Waals surface area contributed by atoms with Crippen LogP contribution in [0.1, 0.15) is 38.6 Å². The molecular formula is C9H12N2S. The summed E-state index contributed by atoms with van der Waals surface area (Å²) in [5.74, 6) is 0. The van der Waals surface area contributed by atoms with Crippen molar-refractivity contribution in [3.05, 3.63) is 17.5 Å². The molecule has 0 unspecified atom stereocenters. The van der Waals surface area contributed by atoms with Crippen molar-refractivity contribution in [3.63, 3.8) is 0 Å². The van der Waals surface area contributed by atoms with E-state index in [4.69, 9.17) is 0 Å². The van der Waals surface area contributed by atoms with Gasteiger partial charge in [-0.3, -0.25) is 0 Å². The molecule has 1 heterocycles. The molecule has 3 heteroatoms. The molecule has 0 radical (unpaired) electrons. The summed E-state index contributed by atoms with van der Waals surface area (Å²) in [6, 6.07) is 0. The van der Waals surface area contributed by atoms with Gasteiger partial charge in [-0.25, -0.2) is 0 Å². The second kappa shape index (κ2) is 2.39. The van der Waals surface area contributed by atoms with Crippen LogP contribution >= 0.6 is 11.7 Å². The predicted molar refractivity (Wildman–Crippen MR) is 51.2 cm³/mol. The second-order valence-electron chi connectivity index (χ2n) is 3.94. The molecule has 0 spiro atoms. The zero-order valence-corrected chi connectivity index (χ0v) is 8.40. The van der Waals surface area contributed by atoms with Crippen molar-refractivity contribution < 1.29 is 0 Å². The van der Waals surface area contributed by atoms with Gasteiger partial charge < -0.3 is 0 Å². The summed E-state index contributed by atoms with van der Waals surface area (Å²) >= 11 is 1.32. The molecule has 1 aromatic heterocycles. The lowest BCUT2D eigenvalue weighted by Gasteiger charge is -2.25. The van der Waals surface area contributed by atoms with Crippen molar-refractivity contribution in [2.24, 2.45) is 0 Å². The van der Waals surface area contributed by atoms with E-state index in [9.17, 15) is 0 Å². The first-order valence-electron chi connectivity index (χ1n) is 4.11. The Morgan fingerprint density at radius 3 is 2.83 bits per heavy atom. The molecule has 64 valence electrons. The highest BCUT2D eigenvalue weighted by atomic mass is 32.1. The van der Waals surface area contributed by atoms with Gasteiger partial charge in [0.05, 0.1) is 17.4 Å². The number of fused-ring (bicyclic) bond motifs is 1. The fourth-order valence-electron chi connectivity index (χ4n) is 1.49. The van der Waals surface area contributed by atoms with Gasteiger partial charge in [-0.2, -0.15) is 8.75 Å². The van der Waals surface area contributed by atoms with E-state index < -0.39 is 0 Å². The molecule has 2 nitrogen and oxygen atoms in total. The van der Waals surface area contributed by atoms with Crippen molar-refractivity contribution in [3.8, 4) is 0 Å². The minimum Gasteiger partial charge on any atom is -0.177 e. The molecule has 2 rings (SSSR count). The summed E-state index contributed by atoms with van der Waals surface area (Å²) in [7, 11) is 0. The second-order valence-corrected chi connectivity index (χ2v) is 4.47. The molecule has 1 aromatic rings. The minimum atomic E-state index is 0.182. The number of allylic oxidation sites excluding steroid dienone is 2. The Balaban J connectivity index is 2.60. The van der Waals surface area contributed by atoms with Crippen LogP contribution in [0.5, 0.6) is 0 Å². The average Bonchev–Trinajstić information content (AvgIpc) is 2.46. The van der Waals surface area contributed by atoms with Crippen LogP contribution in [0.2, 0.25) is 0 Å². The summed E-state index contributed by atoms with van der Waals surface area (Å²) in [6.45, 7) is 6.54. The molecule has 0 aromatic carbocycles. The van der Waals surface area contributed by atoms with Crippen molar-refractivity contribution in [1.29, 1.82) is 0 Å². The van der Waals surface area contributed by atoms with Crippen LogP contribution in [0.15, 0.2) is 6.08 Å². The van der Waals surface area contributed by atoms with Gasteiger partial charge in [-0.1, -0.05) is 19.9 Å². The van der Waals surface area contributed by atoms with E-state index in [1.807, 2.05) is 0 Å². The smallest absolute Gasteiger partial charge is 0.103 e. The van der Waals surface area contributed by atoms with Gasteiger partial charge in [0.1, 0.15) is 5.69 Å². The average molecular weight is 180 g/mol. The summed E-state index contributed by atoms with van der Waals surface area (Å²) in [5, 5.41) is 0. The van der Waals surface area contributed by atoms with Gasteiger partial charge in [0.25, 0.3) is 0 Å². The van der Waals surface area contributed by atoms with E-state index in [1.165, 1.54) is 23.0 Å². The topological polar surface area (TPSA) is 25.8 Å². The van der Waals surface area contributed by atoms with Crippen LogP contribution in [-0.4, -0.2) is 8.75 Å². The molecule has 0 saturated carbocycles. The van der Waals surface area contributed by atoms with Crippen LogP contribution < -0.4 is 0 Å². The molecule has 0 amide bonds. The van der Waals surface area contributed by atoms with E-state index in [1.54, 1.807) is 0 Å². The minimum absolute atomic E-state index is 0.182. The van der Waals surface area contributed by atoms with Gasteiger partial charge in [0.15, 0.2) is 0 Å². The van der Waals surface area contributed by atoms with E-state index in [2.05, 4.69) is 35.6 Å². The lowest BCUT2D eigenvalue weighted by atomic mass is 9.79. The maximum absolute atomic E-state index is 4.35. The van der Waals surface area contributed by atoms with Crippen molar-refractivity contribution in [1.82, 2.24) is 8.75 Å². The number of aromatic nitrogens is 2. The molecule has 0 atom stereocenters. The highest BCUT2D eigenvalue weighted by Gasteiger charge is 2.30. The largest absolute Gasteiger partial charge is 0.177 e. The summed E-state index contributed by atoms with van der Waals surface area (Å²) in [4.78, 5) is 0. The Morgan fingerprint density at radius 2 is 2.17 bits per heavy atom. The number of nitrogens with zero attached hydrogens (tertiary/aromatic N) is 2. The Labute approximate surface area is 76.7 Å². The normalized spacial score (nSPS) is 20.1. The molecule has 1 aliphatic rings. The van der Waals surface area contributed by atoms with Crippen LogP contribution in [0, 0.1) is 0 Å². The van der Waals surface area contributed by atoms with Gasteiger partial charge in [-0.05, 0) is 18.9 Å². The van der Waals surface area contributed by atoms with Gasteiger partial charge in [-0.15, -0.1) is 0 Å². The Kier molecular flexibility index (Phi) is 1.58. The lowest BCUT2D eigenvalue weighted by molar-refractivity contribution is 0.513. The number of rotatable bonds is 0. The van der Waals surface area contributed by atoms with Crippen LogP contribution in [0.4, 0.5) is 0 Å². The number of hydrogen-bond acceptors (Lipinski definition) is 3. The third kappa shape index (κ3) is 1.00. The molecular weight excluding hydrogens is 168 g/mol. The third-order valence-electron chi connectivity index (χ3n) is 2.42. The summed E-state index contributed by atoms with van der Waals surface area (Å²) < 4.78 is 8.65. The Morgan fingerprint density at radius 1 is 1.42 bits per heavy atom. The van der Waals surface area contributed by atoms with Gasteiger partial charge in [0, 0.05) is 5.41 Å². The van der Waals surface area contributed by atoms with Crippen LogP contribution in [0.25, 0.3) is 5.57 Å². The van der Waals surface area contributed by atoms with Crippen molar-refractivity contribution >= 4 is 17.3 Å².